The summed E-state index contributed by atoms with van der Waals surface area (Å²) in [7, 11) is 4.06. The van der Waals surface area contributed by atoms with Crippen molar-refractivity contribution in [3.63, 3.8) is 0 Å². The molecule has 0 N–H and O–H groups in total. The Morgan fingerprint density at radius 1 is 0.688 bits per heavy atom. The molecule has 1 heterocycles. The number of anilines is 2. The van der Waals surface area contributed by atoms with Gasteiger partial charge in [-0.2, -0.15) is 0 Å². The number of rotatable bonds is 8. The predicted octanol–water partition coefficient (Wildman–Crippen LogP) is 5.68. The number of nitrogens with zero attached hydrogens (tertiary/aromatic N) is 5. The Morgan fingerprint density at radius 2 is 1.22 bits per heavy atom. The van der Waals surface area contributed by atoms with Gasteiger partial charge >= 0.3 is 0 Å². The van der Waals surface area contributed by atoms with E-state index in [0.717, 1.165) is 34.0 Å². The Balaban J connectivity index is 2.12. The molecule has 0 atom stereocenters. The van der Waals surface area contributed by atoms with Crippen molar-refractivity contribution in [1.82, 2.24) is 15.2 Å². The third-order valence-electron chi connectivity index (χ3n) is 5.18. The van der Waals surface area contributed by atoms with Crippen LogP contribution in [-0.2, 0) is 0 Å². The Bertz CT molecular complexity index is 1000. The van der Waals surface area contributed by atoms with Crippen LogP contribution in [0.3, 0.4) is 0 Å². The van der Waals surface area contributed by atoms with E-state index in [0.29, 0.717) is 5.95 Å². The maximum atomic E-state index is 5.82. The van der Waals surface area contributed by atoms with E-state index in [1.54, 1.807) is 0 Å². The normalized spacial score (nSPS) is 11.3. The molecule has 0 aliphatic heterocycles. The smallest absolute Gasteiger partial charge is 0.246 e. The van der Waals surface area contributed by atoms with Gasteiger partial charge in [-0.1, -0.05) is 12.1 Å². The summed E-state index contributed by atoms with van der Waals surface area (Å²) < 4.78 is 5.82. The number of benzene rings is 2. The van der Waals surface area contributed by atoms with Crippen LogP contribution in [0.15, 0.2) is 48.5 Å². The average molecular weight is 434 g/mol. The molecule has 0 aliphatic carbocycles. The van der Waals surface area contributed by atoms with E-state index in [1.807, 2.05) is 52.2 Å². The molecular weight excluding hydrogens is 398 g/mol. The van der Waals surface area contributed by atoms with Gasteiger partial charge in [0, 0.05) is 43.0 Å². The van der Waals surface area contributed by atoms with Gasteiger partial charge in [-0.05, 0) is 77.9 Å². The van der Waals surface area contributed by atoms with Crippen LogP contribution in [0.2, 0.25) is 0 Å². The molecule has 0 aliphatic rings. The van der Waals surface area contributed by atoms with Crippen LogP contribution in [0, 0.1) is 0 Å². The Morgan fingerprint density at radius 3 is 1.72 bits per heavy atom. The van der Waals surface area contributed by atoms with Gasteiger partial charge in [0.2, 0.25) is 5.95 Å². The zero-order chi connectivity index (χ0) is 23.4. The summed E-state index contributed by atoms with van der Waals surface area (Å²) in [5, 5.41) is 9.19. The van der Waals surface area contributed by atoms with E-state index in [-0.39, 0.29) is 18.2 Å². The maximum Gasteiger partial charge on any atom is 0.246 e. The molecule has 1 aromatic heterocycles. The van der Waals surface area contributed by atoms with E-state index < -0.39 is 0 Å². The molecule has 3 rings (SSSR count). The summed E-state index contributed by atoms with van der Waals surface area (Å²) in [4.78, 5) is 9.28. The second-order valence-corrected chi connectivity index (χ2v) is 9.04. The van der Waals surface area contributed by atoms with Gasteiger partial charge < -0.3 is 14.5 Å². The predicted molar refractivity (Wildman–Crippen MR) is 134 cm³/mol. The first-order valence-corrected chi connectivity index (χ1v) is 11.2. The second-order valence-electron chi connectivity index (χ2n) is 9.04. The lowest BCUT2D eigenvalue weighted by atomic mass is 10.0. The third kappa shape index (κ3) is 5.36. The van der Waals surface area contributed by atoms with E-state index in [1.165, 1.54) is 0 Å². The summed E-state index contributed by atoms with van der Waals surface area (Å²) in [6.07, 6.45) is 0.129. The molecule has 0 saturated heterocycles. The summed E-state index contributed by atoms with van der Waals surface area (Å²) in [5.41, 5.74) is 4.68. The molecule has 6 heteroatoms. The Hall–Kier alpha value is -3.15. The average Bonchev–Trinajstić information content (AvgIpc) is 2.73. The zero-order valence-electron chi connectivity index (χ0n) is 20.5. The van der Waals surface area contributed by atoms with Crippen LogP contribution in [0.25, 0.3) is 22.5 Å². The third-order valence-corrected chi connectivity index (χ3v) is 5.18. The molecule has 32 heavy (non-hydrogen) atoms. The highest BCUT2D eigenvalue weighted by Crippen LogP contribution is 2.32. The van der Waals surface area contributed by atoms with Gasteiger partial charge in [0.25, 0.3) is 0 Å². The maximum absolute atomic E-state index is 5.82. The molecule has 0 radical (unpaired) electrons. The molecule has 0 amide bonds. The fourth-order valence-corrected chi connectivity index (χ4v) is 3.76. The van der Waals surface area contributed by atoms with Crippen LogP contribution in [0.5, 0.6) is 5.75 Å². The summed E-state index contributed by atoms with van der Waals surface area (Å²) in [6, 6.07) is 16.9. The quantitative estimate of drug-likeness (QED) is 0.455. The number of aromatic nitrogens is 3. The van der Waals surface area contributed by atoms with Crippen molar-refractivity contribution in [2.24, 2.45) is 0 Å². The molecule has 0 saturated carbocycles. The van der Waals surface area contributed by atoms with Crippen LogP contribution in [-0.4, -0.2) is 47.5 Å². The van der Waals surface area contributed by atoms with Crippen molar-refractivity contribution >= 4 is 11.6 Å². The molecule has 6 nitrogen and oxygen atoms in total. The monoisotopic (exact) mass is 433 g/mol. The minimum Gasteiger partial charge on any atom is -0.491 e. The van der Waals surface area contributed by atoms with Crippen molar-refractivity contribution in [2.75, 3.05) is 23.9 Å². The van der Waals surface area contributed by atoms with Gasteiger partial charge in [0.15, 0.2) is 0 Å². The van der Waals surface area contributed by atoms with E-state index in [2.05, 4.69) is 72.0 Å². The Labute approximate surface area is 192 Å². The van der Waals surface area contributed by atoms with Crippen molar-refractivity contribution < 1.29 is 4.74 Å². The minimum atomic E-state index is 0.129. The second kappa shape index (κ2) is 9.98. The lowest BCUT2D eigenvalue weighted by Gasteiger charge is -2.30. The summed E-state index contributed by atoms with van der Waals surface area (Å²) in [5.74, 6) is 1.48. The lowest BCUT2D eigenvalue weighted by molar-refractivity contribution is 0.242. The van der Waals surface area contributed by atoms with E-state index >= 15 is 0 Å². The van der Waals surface area contributed by atoms with Crippen LogP contribution >= 0.6 is 0 Å². The summed E-state index contributed by atoms with van der Waals surface area (Å²) >= 11 is 0. The largest absolute Gasteiger partial charge is 0.491 e. The summed E-state index contributed by atoms with van der Waals surface area (Å²) in [6.45, 7) is 12.6. The van der Waals surface area contributed by atoms with E-state index in [4.69, 9.17) is 9.72 Å². The molecular formula is C26H35N5O. The molecule has 0 unspecified atom stereocenters. The highest BCUT2D eigenvalue weighted by atomic mass is 16.5. The molecule has 3 aromatic rings. The lowest BCUT2D eigenvalue weighted by Crippen LogP contribution is -2.38. The van der Waals surface area contributed by atoms with Crippen molar-refractivity contribution in [3.8, 4) is 28.3 Å². The minimum absolute atomic E-state index is 0.129. The first kappa shape index (κ1) is 23.5. The number of hydrogen-bond donors (Lipinski definition) is 0. The first-order valence-electron chi connectivity index (χ1n) is 11.2. The Kier molecular flexibility index (Phi) is 7.33. The highest BCUT2D eigenvalue weighted by molar-refractivity contribution is 5.79. The number of ether oxygens (including phenoxy) is 1. The molecule has 0 bridgehead atoms. The van der Waals surface area contributed by atoms with Gasteiger partial charge in [-0.15, -0.1) is 10.2 Å². The SMILES string of the molecule is CC(C)Oc1ccc(-c2nc(N(C(C)C)C(C)C)nnc2-c2ccc(N(C)C)cc2)cc1. The first-order chi connectivity index (χ1) is 15.2. The fraction of sp³-hybridized carbons (Fsp3) is 0.423. The van der Waals surface area contributed by atoms with Gasteiger partial charge in [-0.25, -0.2) is 4.98 Å². The number of hydrogen-bond acceptors (Lipinski definition) is 6. The molecule has 0 fully saturated rings. The zero-order valence-corrected chi connectivity index (χ0v) is 20.5. The van der Waals surface area contributed by atoms with Crippen LogP contribution in [0.4, 0.5) is 11.6 Å². The molecule has 2 aromatic carbocycles. The van der Waals surface area contributed by atoms with Gasteiger partial charge in [-0.3, -0.25) is 0 Å². The highest BCUT2D eigenvalue weighted by Gasteiger charge is 2.21. The van der Waals surface area contributed by atoms with Gasteiger partial charge in [0.05, 0.1) is 6.10 Å². The van der Waals surface area contributed by atoms with Crippen LogP contribution in [0.1, 0.15) is 41.5 Å². The van der Waals surface area contributed by atoms with Gasteiger partial charge in [0.1, 0.15) is 17.1 Å². The molecule has 0 spiro atoms. The topological polar surface area (TPSA) is 54.4 Å². The fourth-order valence-electron chi connectivity index (χ4n) is 3.76. The van der Waals surface area contributed by atoms with Crippen molar-refractivity contribution in [1.29, 1.82) is 0 Å². The standard InChI is InChI=1S/C26H35N5O/c1-17(2)31(18(3)4)26-27-24(20-11-15-23(16-12-20)32-19(5)6)25(28-29-26)21-9-13-22(14-10-21)30(7)8/h9-19H,1-8H3. The van der Waals surface area contributed by atoms with Crippen molar-refractivity contribution in [2.45, 2.75) is 59.7 Å². The van der Waals surface area contributed by atoms with E-state index in [9.17, 15) is 0 Å². The van der Waals surface area contributed by atoms with Crippen molar-refractivity contribution in [3.05, 3.63) is 48.5 Å². The molecule has 170 valence electrons. The van der Waals surface area contributed by atoms with Crippen LogP contribution < -0.4 is 14.5 Å².